The van der Waals surface area contributed by atoms with Crippen molar-refractivity contribution in [3.63, 3.8) is 0 Å². The van der Waals surface area contributed by atoms with Crippen LogP contribution in [-0.2, 0) is 4.79 Å². The van der Waals surface area contributed by atoms with Crippen LogP contribution in [0.15, 0.2) is 30.3 Å². The molecule has 4 heteroatoms. The van der Waals surface area contributed by atoms with Gasteiger partial charge in [-0.3, -0.25) is 4.79 Å². The van der Waals surface area contributed by atoms with Crippen molar-refractivity contribution in [3.8, 4) is 0 Å². The third kappa shape index (κ3) is 2.33. The standard InChI is InChI=1S/C11H14N2OS/c12-9-10(8-4-2-1-3-5-8)15-7-6-13-11(9)14/h1-5,9-10H,6-7,12H2,(H,13,14)/t9-,10?/m1/s1. The topological polar surface area (TPSA) is 55.1 Å². The SMILES string of the molecule is N[C@H]1C(=O)NCCSC1c1ccccc1. The molecule has 0 spiro atoms. The van der Waals surface area contributed by atoms with Crippen molar-refractivity contribution < 1.29 is 4.79 Å². The Morgan fingerprint density at radius 1 is 1.33 bits per heavy atom. The van der Waals surface area contributed by atoms with E-state index in [-0.39, 0.29) is 11.2 Å². The van der Waals surface area contributed by atoms with Gasteiger partial charge in [-0.25, -0.2) is 0 Å². The van der Waals surface area contributed by atoms with E-state index in [0.717, 1.165) is 11.3 Å². The molecule has 0 saturated carbocycles. The molecule has 1 aromatic carbocycles. The summed E-state index contributed by atoms with van der Waals surface area (Å²) >= 11 is 1.74. The minimum atomic E-state index is -0.445. The number of nitrogens with one attached hydrogen (secondary N) is 1. The van der Waals surface area contributed by atoms with Crippen molar-refractivity contribution in [2.24, 2.45) is 5.73 Å². The lowest BCUT2D eigenvalue weighted by Gasteiger charge is -2.19. The molecule has 2 atom stereocenters. The van der Waals surface area contributed by atoms with Crippen molar-refractivity contribution in [3.05, 3.63) is 35.9 Å². The number of hydrogen-bond donors (Lipinski definition) is 2. The molecule has 3 nitrogen and oxygen atoms in total. The number of carbonyl (C=O) groups is 1. The van der Waals surface area contributed by atoms with Crippen LogP contribution < -0.4 is 11.1 Å². The summed E-state index contributed by atoms with van der Waals surface area (Å²) < 4.78 is 0. The fourth-order valence-corrected chi connectivity index (χ4v) is 2.82. The second kappa shape index (κ2) is 4.68. The van der Waals surface area contributed by atoms with Gasteiger partial charge in [-0.2, -0.15) is 0 Å². The summed E-state index contributed by atoms with van der Waals surface area (Å²) in [6, 6.07) is 9.53. The zero-order chi connectivity index (χ0) is 10.7. The maximum Gasteiger partial charge on any atom is 0.238 e. The molecule has 1 fully saturated rings. The molecule has 1 unspecified atom stereocenters. The third-order valence-electron chi connectivity index (χ3n) is 2.46. The smallest absolute Gasteiger partial charge is 0.238 e. The average molecular weight is 222 g/mol. The summed E-state index contributed by atoms with van der Waals surface area (Å²) in [4.78, 5) is 11.5. The van der Waals surface area contributed by atoms with E-state index in [9.17, 15) is 4.79 Å². The van der Waals surface area contributed by atoms with E-state index in [2.05, 4.69) is 5.32 Å². The normalized spacial score (nSPS) is 26.9. The first-order valence-electron chi connectivity index (χ1n) is 4.99. The summed E-state index contributed by atoms with van der Waals surface area (Å²) in [5.74, 6) is 0.868. The van der Waals surface area contributed by atoms with Gasteiger partial charge in [0.05, 0.1) is 5.25 Å². The van der Waals surface area contributed by atoms with Crippen LogP contribution in [-0.4, -0.2) is 24.2 Å². The molecular formula is C11H14N2OS. The highest BCUT2D eigenvalue weighted by Gasteiger charge is 2.28. The quantitative estimate of drug-likeness (QED) is 0.743. The molecule has 2 rings (SSSR count). The zero-order valence-electron chi connectivity index (χ0n) is 8.35. The van der Waals surface area contributed by atoms with Crippen LogP contribution in [0.4, 0.5) is 0 Å². The zero-order valence-corrected chi connectivity index (χ0v) is 9.17. The van der Waals surface area contributed by atoms with Gasteiger partial charge < -0.3 is 11.1 Å². The number of amides is 1. The van der Waals surface area contributed by atoms with Gasteiger partial charge in [-0.05, 0) is 5.56 Å². The molecule has 1 aliphatic rings. The number of carbonyl (C=O) groups excluding carboxylic acids is 1. The van der Waals surface area contributed by atoms with Gasteiger partial charge in [0.15, 0.2) is 0 Å². The number of rotatable bonds is 1. The van der Waals surface area contributed by atoms with Crippen molar-refractivity contribution in [1.29, 1.82) is 0 Å². The summed E-state index contributed by atoms with van der Waals surface area (Å²) in [6.07, 6.45) is 0. The molecule has 1 saturated heterocycles. The molecule has 1 amide bonds. The highest BCUT2D eigenvalue weighted by molar-refractivity contribution is 7.99. The van der Waals surface area contributed by atoms with Gasteiger partial charge in [0.25, 0.3) is 0 Å². The van der Waals surface area contributed by atoms with E-state index < -0.39 is 6.04 Å². The van der Waals surface area contributed by atoms with Crippen LogP contribution in [0.5, 0.6) is 0 Å². The van der Waals surface area contributed by atoms with Gasteiger partial charge in [-0.15, -0.1) is 11.8 Å². The molecule has 1 aliphatic heterocycles. The predicted octanol–water partition coefficient (Wildman–Crippen LogP) is 0.918. The molecule has 1 heterocycles. The van der Waals surface area contributed by atoms with Crippen LogP contribution in [0.2, 0.25) is 0 Å². The number of benzene rings is 1. The first kappa shape index (κ1) is 10.5. The summed E-state index contributed by atoms with van der Waals surface area (Å²) in [5, 5.41) is 2.89. The van der Waals surface area contributed by atoms with Crippen LogP contribution >= 0.6 is 11.8 Å². The van der Waals surface area contributed by atoms with Crippen molar-refractivity contribution in [2.45, 2.75) is 11.3 Å². The molecule has 80 valence electrons. The molecule has 3 N–H and O–H groups in total. The molecule has 0 radical (unpaired) electrons. The second-order valence-electron chi connectivity index (χ2n) is 3.52. The highest BCUT2D eigenvalue weighted by Crippen LogP contribution is 2.32. The summed E-state index contributed by atoms with van der Waals surface area (Å²) in [5.41, 5.74) is 7.05. The van der Waals surface area contributed by atoms with E-state index in [1.165, 1.54) is 0 Å². The van der Waals surface area contributed by atoms with Crippen LogP contribution in [0, 0.1) is 0 Å². The largest absolute Gasteiger partial charge is 0.354 e. The van der Waals surface area contributed by atoms with E-state index >= 15 is 0 Å². The van der Waals surface area contributed by atoms with Gasteiger partial charge in [0, 0.05) is 12.3 Å². The minimum Gasteiger partial charge on any atom is -0.354 e. The fraction of sp³-hybridized carbons (Fsp3) is 0.364. The van der Waals surface area contributed by atoms with Crippen molar-refractivity contribution >= 4 is 17.7 Å². The van der Waals surface area contributed by atoms with E-state index in [4.69, 9.17) is 5.73 Å². The second-order valence-corrected chi connectivity index (χ2v) is 4.77. The number of thioether (sulfide) groups is 1. The Balaban J connectivity index is 2.23. The van der Waals surface area contributed by atoms with Gasteiger partial charge in [0.1, 0.15) is 6.04 Å². The lowest BCUT2D eigenvalue weighted by atomic mass is 10.1. The van der Waals surface area contributed by atoms with Crippen LogP contribution in [0.25, 0.3) is 0 Å². The van der Waals surface area contributed by atoms with Gasteiger partial charge in [0.2, 0.25) is 5.91 Å². The highest BCUT2D eigenvalue weighted by atomic mass is 32.2. The van der Waals surface area contributed by atoms with Crippen LogP contribution in [0.3, 0.4) is 0 Å². The molecule has 0 aliphatic carbocycles. The maximum absolute atomic E-state index is 11.5. The Morgan fingerprint density at radius 3 is 2.80 bits per heavy atom. The Hall–Kier alpha value is -1.00. The van der Waals surface area contributed by atoms with E-state index in [1.54, 1.807) is 11.8 Å². The molecule has 0 aromatic heterocycles. The molecule has 1 aromatic rings. The van der Waals surface area contributed by atoms with Crippen molar-refractivity contribution in [2.75, 3.05) is 12.3 Å². The minimum absolute atomic E-state index is 0.0474. The summed E-state index contributed by atoms with van der Waals surface area (Å²) in [7, 11) is 0. The molecule has 0 bridgehead atoms. The lowest BCUT2D eigenvalue weighted by Crippen LogP contribution is -2.42. The molecular weight excluding hydrogens is 208 g/mol. The Labute approximate surface area is 93.4 Å². The first-order valence-corrected chi connectivity index (χ1v) is 6.04. The number of hydrogen-bond acceptors (Lipinski definition) is 3. The lowest BCUT2D eigenvalue weighted by molar-refractivity contribution is -0.122. The Bertz CT molecular complexity index is 342. The van der Waals surface area contributed by atoms with E-state index in [1.807, 2.05) is 30.3 Å². The summed E-state index contributed by atoms with van der Waals surface area (Å²) in [6.45, 7) is 0.709. The maximum atomic E-state index is 11.5. The van der Waals surface area contributed by atoms with Crippen molar-refractivity contribution in [1.82, 2.24) is 5.32 Å². The third-order valence-corrected chi connectivity index (χ3v) is 3.82. The van der Waals surface area contributed by atoms with Crippen LogP contribution in [0.1, 0.15) is 10.8 Å². The Kier molecular flexibility index (Phi) is 3.28. The molecule has 15 heavy (non-hydrogen) atoms. The van der Waals surface area contributed by atoms with Gasteiger partial charge in [-0.1, -0.05) is 30.3 Å². The predicted molar refractivity (Wildman–Crippen MR) is 62.6 cm³/mol. The van der Waals surface area contributed by atoms with Gasteiger partial charge >= 0.3 is 0 Å². The number of nitrogens with two attached hydrogens (primary N) is 1. The average Bonchev–Trinajstić information content (AvgIpc) is 2.44. The monoisotopic (exact) mass is 222 g/mol. The van der Waals surface area contributed by atoms with E-state index in [0.29, 0.717) is 6.54 Å². The Morgan fingerprint density at radius 2 is 2.07 bits per heavy atom. The first-order chi connectivity index (χ1) is 7.29. The fourth-order valence-electron chi connectivity index (χ4n) is 1.67.